The van der Waals surface area contributed by atoms with Crippen molar-refractivity contribution in [2.75, 3.05) is 23.9 Å². The van der Waals surface area contributed by atoms with Gasteiger partial charge in [0.05, 0.1) is 11.7 Å². The van der Waals surface area contributed by atoms with Crippen LogP contribution < -0.4 is 0 Å². The van der Waals surface area contributed by atoms with Crippen molar-refractivity contribution >= 4 is 23.5 Å². The van der Waals surface area contributed by atoms with Crippen molar-refractivity contribution in [2.45, 2.75) is 61.9 Å². The van der Waals surface area contributed by atoms with Crippen molar-refractivity contribution < 1.29 is 9.84 Å². The molecule has 4 heteroatoms. The number of thioether (sulfide) groups is 2. The van der Waals surface area contributed by atoms with Gasteiger partial charge in [0.15, 0.2) is 0 Å². The van der Waals surface area contributed by atoms with Crippen molar-refractivity contribution in [3.05, 3.63) is 0 Å². The van der Waals surface area contributed by atoms with Gasteiger partial charge in [-0.05, 0) is 43.8 Å². The normalized spacial score (nSPS) is 38.1. The van der Waals surface area contributed by atoms with Crippen LogP contribution in [-0.2, 0) is 4.74 Å². The van der Waals surface area contributed by atoms with Gasteiger partial charge in [-0.1, -0.05) is 12.8 Å². The molecule has 3 fully saturated rings. The van der Waals surface area contributed by atoms with Crippen molar-refractivity contribution in [1.29, 1.82) is 0 Å². The first-order valence-electron chi connectivity index (χ1n) is 7.79. The van der Waals surface area contributed by atoms with E-state index < -0.39 is 0 Å². The first kappa shape index (κ1) is 14.6. The topological polar surface area (TPSA) is 29.5 Å². The monoisotopic (exact) mass is 302 g/mol. The molecule has 1 spiro atoms. The van der Waals surface area contributed by atoms with Crippen LogP contribution in [0.2, 0.25) is 0 Å². The van der Waals surface area contributed by atoms with Gasteiger partial charge in [0.1, 0.15) is 0 Å². The van der Waals surface area contributed by atoms with Gasteiger partial charge in [-0.25, -0.2) is 0 Å². The molecule has 19 heavy (non-hydrogen) atoms. The molecule has 1 N–H and O–H groups in total. The van der Waals surface area contributed by atoms with Crippen LogP contribution in [0.25, 0.3) is 0 Å². The predicted octanol–water partition coefficient (Wildman–Crippen LogP) is 3.33. The molecule has 2 heterocycles. The summed E-state index contributed by atoms with van der Waals surface area (Å²) in [6.07, 6.45) is 8.74. The second-order valence-electron chi connectivity index (χ2n) is 6.39. The summed E-state index contributed by atoms with van der Waals surface area (Å²) in [4.78, 5) is 0. The fourth-order valence-corrected chi connectivity index (χ4v) is 6.47. The Bertz CT molecular complexity index is 286. The van der Waals surface area contributed by atoms with E-state index in [1.165, 1.54) is 37.9 Å². The van der Waals surface area contributed by atoms with Gasteiger partial charge in [0, 0.05) is 23.4 Å². The molecule has 2 nitrogen and oxygen atoms in total. The minimum absolute atomic E-state index is 0.114. The first-order valence-corrected chi connectivity index (χ1v) is 9.99. The van der Waals surface area contributed by atoms with E-state index in [1.54, 1.807) is 0 Å². The SMILES string of the molecule is OC(CSC1CCCC1)C1CCOC2(CCSC2)C1. The fourth-order valence-electron chi connectivity index (χ4n) is 3.68. The van der Waals surface area contributed by atoms with E-state index >= 15 is 0 Å². The maximum Gasteiger partial charge on any atom is 0.0783 e. The highest BCUT2D eigenvalue weighted by molar-refractivity contribution is 8.00. The maximum absolute atomic E-state index is 10.5. The zero-order valence-electron chi connectivity index (χ0n) is 11.7. The van der Waals surface area contributed by atoms with Crippen molar-refractivity contribution in [2.24, 2.45) is 5.92 Å². The van der Waals surface area contributed by atoms with Crippen molar-refractivity contribution in [3.63, 3.8) is 0 Å². The molecule has 3 aliphatic rings. The van der Waals surface area contributed by atoms with Crippen LogP contribution in [0.4, 0.5) is 0 Å². The molecule has 0 aromatic heterocycles. The van der Waals surface area contributed by atoms with E-state index in [0.29, 0.717) is 5.92 Å². The third kappa shape index (κ3) is 3.63. The smallest absolute Gasteiger partial charge is 0.0783 e. The Hall–Kier alpha value is 0.620. The van der Waals surface area contributed by atoms with E-state index in [-0.39, 0.29) is 11.7 Å². The van der Waals surface area contributed by atoms with Crippen molar-refractivity contribution in [3.8, 4) is 0 Å². The lowest BCUT2D eigenvalue weighted by atomic mass is 9.83. The molecule has 2 saturated heterocycles. The zero-order chi connectivity index (χ0) is 13.1. The summed E-state index contributed by atoms with van der Waals surface area (Å²) in [5.41, 5.74) is 0.118. The Morgan fingerprint density at radius 1 is 1.32 bits per heavy atom. The first-order chi connectivity index (χ1) is 9.27. The molecular weight excluding hydrogens is 276 g/mol. The summed E-state index contributed by atoms with van der Waals surface area (Å²) in [7, 11) is 0. The largest absolute Gasteiger partial charge is 0.392 e. The molecule has 3 rings (SSSR count). The Kier molecular flexibility index (Phi) is 5.05. The molecule has 0 radical (unpaired) electrons. The molecule has 110 valence electrons. The van der Waals surface area contributed by atoms with Gasteiger partial charge in [-0.15, -0.1) is 0 Å². The second kappa shape index (κ2) is 6.59. The lowest BCUT2D eigenvalue weighted by Gasteiger charge is -2.39. The maximum atomic E-state index is 10.5. The standard InChI is InChI=1S/C15H26O2S2/c16-14(10-19-13-3-1-2-4-13)12-5-7-17-15(9-12)6-8-18-11-15/h12-14,16H,1-11H2. The van der Waals surface area contributed by atoms with Crippen LogP contribution in [0.15, 0.2) is 0 Å². The van der Waals surface area contributed by atoms with Crippen LogP contribution in [-0.4, -0.2) is 45.9 Å². The summed E-state index contributed by atoms with van der Waals surface area (Å²) < 4.78 is 6.05. The van der Waals surface area contributed by atoms with Crippen LogP contribution in [0.5, 0.6) is 0 Å². The van der Waals surface area contributed by atoms with E-state index in [0.717, 1.165) is 36.2 Å². The number of hydrogen-bond donors (Lipinski definition) is 1. The summed E-state index contributed by atoms with van der Waals surface area (Å²) >= 11 is 4.04. The summed E-state index contributed by atoms with van der Waals surface area (Å²) in [5, 5.41) is 11.3. The van der Waals surface area contributed by atoms with Gasteiger partial charge in [0.2, 0.25) is 0 Å². The van der Waals surface area contributed by atoms with Gasteiger partial charge >= 0.3 is 0 Å². The molecule has 0 aromatic rings. The number of aliphatic hydroxyl groups excluding tert-OH is 1. The molecular formula is C15H26O2S2. The van der Waals surface area contributed by atoms with Crippen molar-refractivity contribution in [1.82, 2.24) is 0 Å². The zero-order valence-corrected chi connectivity index (χ0v) is 13.3. The highest BCUT2D eigenvalue weighted by Crippen LogP contribution is 2.42. The molecule has 1 aliphatic carbocycles. The third-order valence-electron chi connectivity index (χ3n) is 4.95. The Morgan fingerprint density at radius 2 is 2.16 bits per heavy atom. The van der Waals surface area contributed by atoms with E-state index in [1.807, 2.05) is 23.5 Å². The van der Waals surface area contributed by atoms with E-state index in [4.69, 9.17) is 4.74 Å². The van der Waals surface area contributed by atoms with Crippen LogP contribution in [0.3, 0.4) is 0 Å². The molecule has 1 saturated carbocycles. The van der Waals surface area contributed by atoms with E-state index in [2.05, 4.69) is 0 Å². The molecule has 3 atom stereocenters. The fraction of sp³-hybridized carbons (Fsp3) is 1.00. The molecule has 0 amide bonds. The minimum Gasteiger partial charge on any atom is -0.392 e. The Labute approximate surface area is 125 Å². The number of ether oxygens (including phenoxy) is 1. The highest BCUT2D eigenvalue weighted by Gasteiger charge is 2.42. The minimum atomic E-state index is -0.114. The lowest BCUT2D eigenvalue weighted by molar-refractivity contribution is -0.0977. The molecule has 2 aliphatic heterocycles. The molecule has 0 bridgehead atoms. The van der Waals surface area contributed by atoms with Gasteiger partial charge in [-0.3, -0.25) is 0 Å². The predicted molar refractivity (Wildman–Crippen MR) is 84.1 cm³/mol. The Morgan fingerprint density at radius 3 is 2.89 bits per heavy atom. The number of hydrogen-bond acceptors (Lipinski definition) is 4. The summed E-state index contributed by atoms with van der Waals surface area (Å²) in [6.45, 7) is 0.858. The van der Waals surface area contributed by atoms with E-state index in [9.17, 15) is 5.11 Å². The average Bonchev–Trinajstić information content (AvgIpc) is 3.08. The molecule has 0 aromatic carbocycles. The number of aliphatic hydroxyl groups is 1. The Balaban J connectivity index is 1.47. The van der Waals surface area contributed by atoms with Crippen LogP contribution >= 0.6 is 23.5 Å². The second-order valence-corrected chi connectivity index (χ2v) is 8.83. The average molecular weight is 303 g/mol. The van der Waals surface area contributed by atoms with Gasteiger partial charge in [-0.2, -0.15) is 23.5 Å². The van der Waals surface area contributed by atoms with Gasteiger partial charge in [0.25, 0.3) is 0 Å². The quantitative estimate of drug-likeness (QED) is 0.862. The summed E-state index contributed by atoms with van der Waals surface area (Å²) in [6, 6.07) is 0. The molecule has 3 unspecified atom stereocenters. The third-order valence-corrected chi connectivity index (χ3v) is 7.65. The van der Waals surface area contributed by atoms with Gasteiger partial charge < -0.3 is 9.84 Å². The van der Waals surface area contributed by atoms with Crippen LogP contribution in [0.1, 0.15) is 44.9 Å². The highest BCUT2D eigenvalue weighted by atomic mass is 32.2. The lowest BCUT2D eigenvalue weighted by Crippen LogP contribution is -2.43. The van der Waals surface area contributed by atoms with Crippen LogP contribution in [0, 0.1) is 5.92 Å². The number of rotatable bonds is 4. The summed E-state index contributed by atoms with van der Waals surface area (Å²) in [5.74, 6) is 3.80.